The normalized spacial score (nSPS) is 23.3. The first kappa shape index (κ1) is 8.56. The van der Waals surface area contributed by atoms with E-state index in [1.807, 2.05) is 0 Å². The Hall–Kier alpha value is -1.03. The summed E-state index contributed by atoms with van der Waals surface area (Å²) in [6.07, 6.45) is 3.61. The summed E-state index contributed by atoms with van der Waals surface area (Å²) in [4.78, 5) is 11.2. The third-order valence-corrected chi connectivity index (χ3v) is 2.59. The second kappa shape index (κ2) is 3.38. The fraction of sp³-hybridized carbons (Fsp3) is 0.667. The highest BCUT2D eigenvalue weighted by Crippen LogP contribution is 2.19. The topological polar surface area (TPSA) is 49.8 Å². The quantitative estimate of drug-likeness (QED) is 0.664. The molecular formula is C9H15N3O. The van der Waals surface area contributed by atoms with Crippen molar-refractivity contribution in [2.45, 2.75) is 25.3 Å². The largest absolute Gasteiger partial charge is 0.309 e. The lowest BCUT2D eigenvalue weighted by Crippen LogP contribution is -2.27. The Morgan fingerprint density at radius 1 is 1.54 bits per heavy atom. The number of hydrogen-bond donors (Lipinski definition) is 2. The van der Waals surface area contributed by atoms with Gasteiger partial charge in [0.15, 0.2) is 0 Å². The molecule has 0 aliphatic carbocycles. The molecule has 0 saturated carbocycles. The van der Waals surface area contributed by atoms with Crippen LogP contribution in [-0.4, -0.2) is 16.3 Å². The summed E-state index contributed by atoms with van der Waals surface area (Å²) < 4.78 is 1.52. The molecule has 0 radical (unpaired) electrons. The number of aromatic nitrogens is 2. The van der Waals surface area contributed by atoms with Crippen LogP contribution in [0.5, 0.6) is 0 Å². The summed E-state index contributed by atoms with van der Waals surface area (Å²) in [5, 5.41) is 6.45. The van der Waals surface area contributed by atoms with Gasteiger partial charge in [-0.1, -0.05) is 6.42 Å². The minimum absolute atomic E-state index is 0.0439. The van der Waals surface area contributed by atoms with Gasteiger partial charge in [0.05, 0.1) is 5.69 Å². The Morgan fingerprint density at radius 3 is 2.92 bits per heavy atom. The smallest absolute Gasteiger partial charge is 0.266 e. The first-order valence-electron chi connectivity index (χ1n) is 4.77. The van der Waals surface area contributed by atoms with Crippen LogP contribution in [0.15, 0.2) is 10.9 Å². The van der Waals surface area contributed by atoms with E-state index in [-0.39, 0.29) is 5.56 Å². The average molecular weight is 181 g/mol. The van der Waals surface area contributed by atoms with Crippen molar-refractivity contribution in [3.05, 3.63) is 22.1 Å². The van der Waals surface area contributed by atoms with E-state index < -0.39 is 0 Å². The molecule has 1 aliphatic rings. The minimum Gasteiger partial charge on any atom is -0.309 e. The van der Waals surface area contributed by atoms with Crippen LogP contribution in [0.25, 0.3) is 0 Å². The van der Waals surface area contributed by atoms with E-state index in [0.29, 0.717) is 6.04 Å². The molecule has 1 atom stereocenters. The van der Waals surface area contributed by atoms with Crippen LogP contribution in [0, 0.1) is 0 Å². The van der Waals surface area contributed by atoms with Crippen molar-refractivity contribution in [3.63, 3.8) is 0 Å². The standard InChI is InChI=1S/C9H15N3O/c1-12-9(13)6-8(11-12)7-4-2-3-5-10-7/h6-7,10-11H,2-5H2,1H3/t7-/m0/s1. The van der Waals surface area contributed by atoms with Crippen LogP contribution in [0.4, 0.5) is 0 Å². The molecule has 2 rings (SSSR count). The number of H-pyrrole nitrogens is 1. The SMILES string of the molecule is Cn1[nH]c([C@@H]2CCCCN2)cc1=O. The second-order valence-corrected chi connectivity index (χ2v) is 3.61. The summed E-state index contributed by atoms with van der Waals surface area (Å²) in [7, 11) is 1.74. The highest BCUT2D eigenvalue weighted by Gasteiger charge is 2.16. The molecule has 1 aromatic heterocycles. The summed E-state index contributed by atoms with van der Waals surface area (Å²) in [5.74, 6) is 0. The molecule has 4 nitrogen and oxygen atoms in total. The lowest BCUT2D eigenvalue weighted by atomic mass is 10.0. The maximum Gasteiger partial charge on any atom is 0.266 e. The first-order chi connectivity index (χ1) is 6.27. The Balaban J connectivity index is 2.19. The molecule has 2 N–H and O–H groups in total. The minimum atomic E-state index is 0.0439. The maximum absolute atomic E-state index is 11.2. The zero-order chi connectivity index (χ0) is 9.26. The highest BCUT2D eigenvalue weighted by molar-refractivity contribution is 5.06. The monoisotopic (exact) mass is 181 g/mol. The van der Waals surface area contributed by atoms with E-state index in [9.17, 15) is 4.79 Å². The van der Waals surface area contributed by atoms with E-state index in [4.69, 9.17) is 0 Å². The molecule has 0 spiro atoms. The molecule has 0 unspecified atom stereocenters. The van der Waals surface area contributed by atoms with Crippen molar-refractivity contribution in [2.24, 2.45) is 7.05 Å². The lowest BCUT2D eigenvalue weighted by molar-refractivity contribution is 0.402. The Bertz CT molecular complexity index is 333. The van der Waals surface area contributed by atoms with Gasteiger partial charge in [0.25, 0.3) is 5.56 Å². The van der Waals surface area contributed by atoms with Crippen LogP contribution in [-0.2, 0) is 7.05 Å². The molecule has 13 heavy (non-hydrogen) atoms. The second-order valence-electron chi connectivity index (χ2n) is 3.61. The molecule has 72 valence electrons. The summed E-state index contributed by atoms with van der Waals surface area (Å²) >= 11 is 0. The van der Waals surface area contributed by atoms with Gasteiger partial charge in [-0.25, -0.2) is 0 Å². The van der Waals surface area contributed by atoms with Gasteiger partial charge in [0, 0.05) is 19.2 Å². The van der Waals surface area contributed by atoms with Crippen LogP contribution >= 0.6 is 0 Å². The number of aromatic amines is 1. The molecule has 4 heteroatoms. The van der Waals surface area contributed by atoms with Gasteiger partial charge >= 0.3 is 0 Å². The molecule has 1 saturated heterocycles. The van der Waals surface area contributed by atoms with Gasteiger partial charge < -0.3 is 5.32 Å². The maximum atomic E-state index is 11.2. The van der Waals surface area contributed by atoms with E-state index in [1.165, 1.54) is 17.5 Å². The number of aryl methyl sites for hydroxylation is 1. The fourth-order valence-corrected chi connectivity index (χ4v) is 1.81. The number of nitrogens with one attached hydrogen (secondary N) is 2. The Kier molecular flexibility index (Phi) is 2.22. The third kappa shape index (κ3) is 1.67. The van der Waals surface area contributed by atoms with Gasteiger partial charge in [-0.3, -0.25) is 14.6 Å². The van der Waals surface area contributed by atoms with Crippen LogP contribution in [0.3, 0.4) is 0 Å². The van der Waals surface area contributed by atoms with Crippen LogP contribution in [0.2, 0.25) is 0 Å². The Morgan fingerprint density at radius 2 is 2.38 bits per heavy atom. The van der Waals surface area contributed by atoms with E-state index in [2.05, 4.69) is 10.4 Å². The Labute approximate surface area is 76.9 Å². The van der Waals surface area contributed by atoms with Crippen molar-refractivity contribution < 1.29 is 0 Å². The van der Waals surface area contributed by atoms with Crippen molar-refractivity contribution in [1.29, 1.82) is 0 Å². The molecule has 1 fully saturated rings. The molecule has 0 bridgehead atoms. The van der Waals surface area contributed by atoms with E-state index in [0.717, 1.165) is 18.7 Å². The van der Waals surface area contributed by atoms with Crippen molar-refractivity contribution in [1.82, 2.24) is 15.1 Å². The van der Waals surface area contributed by atoms with E-state index >= 15 is 0 Å². The number of rotatable bonds is 1. The summed E-state index contributed by atoms with van der Waals surface area (Å²) in [6, 6.07) is 2.03. The van der Waals surface area contributed by atoms with Crippen molar-refractivity contribution in [3.8, 4) is 0 Å². The zero-order valence-electron chi connectivity index (χ0n) is 7.84. The van der Waals surface area contributed by atoms with Gasteiger partial charge in [0.1, 0.15) is 0 Å². The van der Waals surface area contributed by atoms with Crippen molar-refractivity contribution in [2.75, 3.05) is 6.54 Å². The first-order valence-corrected chi connectivity index (χ1v) is 4.77. The molecule has 1 aliphatic heterocycles. The van der Waals surface area contributed by atoms with Gasteiger partial charge in [-0.2, -0.15) is 0 Å². The van der Waals surface area contributed by atoms with E-state index in [1.54, 1.807) is 13.1 Å². The predicted octanol–water partition coefficient (Wildman–Crippen LogP) is 0.528. The van der Waals surface area contributed by atoms with Gasteiger partial charge in [0.2, 0.25) is 0 Å². The predicted molar refractivity (Wildman–Crippen MR) is 50.6 cm³/mol. The summed E-state index contributed by atoms with van der Waals surface area (Å²) in [5.41, 5.74) is 1.06. The van der Waals surface area contributed by atoms with Crippen LogP contribution < -0.4 is 10.9 Å². The average Bonchev–Trinajstić information content (AvgIpc) is 2.49. The molecular weight excluding hydrogens is 166 g/mol. The number of hydrogen-bond acceptors (Lipinski definition) is 2. The number of nitrogens with zero attached hydrogens (tertiary/aromatic N) is 1. The zero-order valence-corrected chi connectivity index (χ0v) is 7.84. The molecule has 2 heterocycles. The molecule has 0 aromatic carbocycles. The molecule has 1 aromatic rings. The van der Waals surface area contributed by atoms with Crippen LogP contribution in [0.1, 0.15) is 31.0 Å². The third-order valence-electron chi connectivity index (χ3n) is 2.59. The summed E-state index contributed by atoms with van der Waals surface area (Å²) in [6.45, 7) is 1.06. The lowest BCUT2D eigenvalue weighted by Gasteiger charge is -2.21. The fourth-order valence-electron chi connectivity index (χ4n) is 1.81. The molecule has 0 amide bonds. The number of piperidine rings is 1. The highest BCUT2D eigenvalue weighted by atomic mass is 16.1. The van der Waals surface area contributed by atoms with Gasteiger partial charge in [-0.15, -0.1) is 0 Å². The van der Waals surface area contributed by atoms with Crippen molar-refractivity contribution >= 4 is 0 Å². The van der Waals surface area contributed by atoms with Gasteiger partial charge in [-0.05, 0) is 19.4 Å².